The van der Waals surface area contributed by atoms with Crippen molar-refractivity contribution >= 4 is 23.7 Å². The molecule has 0 atom stereocenters. The van der Waals surface area contributed by atoms with Gasteiger partial charge in [-0.25, -0.2) is 4.68 Å². The fourth-order valence-electron chi connectivity index (χ4n) is 3.01. The van der Waals surface area contributed by atoms with E-state index < -0.39 is 11.7 Å². The predicted molar refractivity (Wildman–Crippen MR) is 95.3 cm³/mol. The summed E-state index contributed by atoms with van der Waals surface area (Å²) in [5.41, 5.74) is 2.35. The zero-order chi connectivity index (χ0) is 19.0. The minimum absolute atomic E-state index is 0.0904. The number of Topliss-reactive ketones (excluding diaryl/α,β-unsaturated/α-hetero) is 1. The van der Waals surface area contributed by atoms with Crippen molar-refractivity contribution in [1.82, 2.24) is 15.0 Å². The number of aromatic nitrogens is 3. The van der Waals surface area contributed by atoms with Crippen LogP contribution in [0.4, 0.5) is 5.69 Å². The number of rotatable bonds is 5. The van der Waals surface area contributed by atoms with Crippen LogP contribution in [-0.2, 0) is 11.3 Å². The summed E-state index contributed by atoms with van der Waals surface area (Å²) >= 11 is 0. The molecule has 4 rings (SSSR count). The number of ether oxygens (including phenoxy) is 1. The zero-order valence-electron chi connectivity index (χ0n) is 14.3. The second-order valence-electron chi connectivity index (χ2n) is 5.93. The minimum atomic E-state index is -0.624. The van der Waals surface area contributed by atoms with E-state index in [9.17, 15) is 14.4 Å². The molecule has 3 aromatic rings. The summed E-state index contributed by atoms with van der Waals surface area (Å²) in [6.45, 7) is 0.0904. The average Bonchev–Trinajstić information content (AvgIpc) is 3.27. The van der Waals surface area contributed by atoms with Gasteiger partial charge in [-0.2, -0.15) is 0 Å². The van der Waals surface area contributed by atoms with Crippen molar-refractivity contribution in [2.45, 2.75) is 6.54 Å². The molecular formula is C19H14N4O4. The molecule has 0 N–H and O–H groups in total. The van der Waals surface area contributed by atoms with E-state index in [1.54, 1.807) is 48.7 Å². The Hall–Kier alpha value is -3.81. The van der Waals surface area contributed by atoms with Crippen LogP contribution in [0.25, 0.3) is 5.69 Å². The van der Waals surface area contributed by atoms with Gasteiger partial charge in [-0.15, -0.1) is 5.10 Å². The summed E-state index contributed by atoms with van der Waals surface area (Å²) in [5.74, 6) is -0.697. The molecule has 0 saturated carbocycles. The Kier molecular flexibility index (Phi) is 4.00. The van der Waals surface area contributed by atoms with Crippen LogP contribution in [0.3, 0.4) is 0 Å². The number of ketones is 1. The van der Waals surface area contributed by atoms with Gasteiger partial charge < -0.3 is 4.74 Å². The van der Waals surface area contributed by atoms with Gasteiger partial charge in [-0.1, -0.05) is 17.3 Å². The summed E-state index contributed by atoms with van der Waals surface area (Å²) in [6, 6.07) is 11.9. The SMILES string of the molecule is COc1ccc2c(c1)C(=O)C(=O)N2Cc1cn(-c2ccccc2C=O)nn1. The predicted octanol–water partition coefficient (Wildman–Crippen LogP) is 1.82. The average molecular weight is 362 g/mol. The summed E-state index contributed by atoms with van der Waals surface area (Å²) in [5, 5.41) is 8.09. The molecular weight excluding hydrogens is 348 g/mol. The van der Waals surface area contributed by atoms with Gasteiger partial charge in [0.1, 0.15) is 11.4 Å². The molecule has 0 fully saturated rings. The summed E-state index contributed by atoms with van der Waals surface area (Å²) in [4.78, 5) is 37.2. The second kappa shape index (κ2) is 6.49. The molecule has 0 unspecified atom stereocenters. The highest BCUT2D eigenvalue weighted by molar-refractivity contribution is 6.52. The lowest BCUT2D eigenvalue weighted by atomic mass is 10.1. The van der Waals surface area contributed by atoms with Gasteiger partial charge >= 0.3 is 0 Å². The largest absolute Gasteiger partial charge is 0.497 e. The molecule has 2 aromatic carbocycles. The maximum atomic E-state index is 12.4. The third-order valence-corrected chi connectivity index (χ3v) is 4.35. The van der Waals surface area contributed by atoms with E-state index in [1.807, 2.05) is 0 Å². The molecule has 0 bridgehead atoms. The molecule has 0 spiro atoms. The van der Waals surface area contributed by atoms with Crippen molar-refractivity contribution in [3.05, 3.63) is 65.5 Å². The first-order valence-corrected chi connectivity index (χ1v) is 8.12. The maximum Gasteiger partial charge on any atom is 0.299 e. The van der Waals surface area contributed by atoms with E-state index in [2.05, 4.69) is 10.3 Å². The maximum absolute atomic E-state index is 12.4. The van der Waals surface area contributed by atoms with Crippen LogP contribution in [0.1, 0.15) is 26.4 Å². The van der Waals surface area contributed by atoms with Crippen molar-refractivity contribution in [3.8, 4) is 11.4 Å². The van der Waals surface area contributed by atoms with Crippen molar-refractivity contribution in [1.29, 1.82) is 0 Å². The van der Waals surface area contributed by atoms with E-state index in [4.69, 9.17) is 4.74 Å². The number of methoxy groups -OCH3 is 1. The fraction of sp³-hybridized carbons (Fsp3) is 0.105. The molecule has 1 aromatic heterocycles. The van der Waals surface area contributed by atoms with Gasteiger partial charge in [0.2, 0.25) is 0 Å². The smallest absolute Gasteiger partial charge is 0.299 e. The first-order valence-electron chi connectivity index (χ1n) is 8.12. The second-order valence-corrected chi connectivity index (χ2v) is 5.93. The number of carbonyl (C=O) groups is 3. The van der Waals surface area contributed by atoms with Gasteiger partial charge in [0, 0.05) is 5.56 Å². The van der Waals surface area contributed by atoms with Gasteiger partial charge in [-0.3, -0.25) is 19.3 Å². The quantitative estimate of drug-likeness (QED) is 0.508. The number of hydrogen-bond acceptors (Lipinski definition) is 6. The van der Waals surface area contributed by atoms with E-state index in [1.165, 1.54) is 16.7 Å². The molecule has 0 saturated heterocycles. The Morgan fingerprint density at radius 2 is 1.93 bits per heavy atom. The van der Waals surface area contributed by atoms with Crippen LogP contribution in [0.15, 0.2) is 48.7 Å². The van der Waals surface area contributed by atoms with Crippen LogP contribution >= 0.6 is 0 Å². The van der Waals surface area contributed by atoms with Crippen LogP contribution in [0, 0.1) is 0 Å². The van der Waals surface area contributed by atoms with E-state index in [0.29, 0.717) is 33.9 Å². The Morgan fingerprint density at radius 3 is 2.70 bits per heavy atom. The number of anilines is 1. The van der Waals surface area contributed by atoms with Crippen molar-refractivity contribution < 1.29 is 19.1 Å². The lowest BCUT2D eigenvalue weighted by Gasteiger charge is -2.14. The zero-order valence-corrected chi connectivity index (χ0v) is 14.3. The van der Waals surface area contributed by atoms with Crippen LogP contribution in [0.5, 0.6) is 5.75 Å². The molecule has 0 aliphatic carbocycles. The van der Waals surface area contributed by atoms with Crippen molar-refractivity contribution in [3.63, 3.8) is 0 Å². The molecule has 0 radical (unpaired) electrons. The molecule has 1 aliphatic heterocycles. The first kappa shape index (κ1) is 16.6. The number of hydrogen-bond donors (Lipinski definition) is 0. The Bertz CT molecular complexity index is 1070. The first-order chi connectivity index (χ1) is 13.1. The third-order valence-electron chi connectivity index (χ3n) is 4.35. The number of benzene rings is 2. The van der Waals surface area contributed by atoms with Crippen molar-refractivity contribution in [2.24, 2.45) is 0 Å². The van der Waals surface area contributed by atoms with Gasteiger partial charge in [0.15, 0.2) is 6.29 Å². The number of para-hydroxylation sites is 1. The molecule has 8 nitrogen and oxygen atoms in total. The highest BCUT2D eigenvalue weighted by Crippen LogP contribution is 2.33. The standard InChI is InChI=1S/C19H14N4O4/c1-27-14-6-7-17-15(8-14)18(25)19(26)22(17)9-13-10-23(21-20-13)16-5-3-2-4-12(16)11-24/h2-8,10-11H,9H2,1H3. The summed E-state index contributed by atoms with van der Waals surface area (Å²) < 4.78 is 6.58. The summed E-state index contributed by atoms with van der Waals surface area (Å²) in [7, 11) is 1.50. The number of carbonyl (C=O) groups excluding carboxylic acids is 3. The van der Waals surface area contributed by atoms with E-state index >= 15 is 0 Å². The lowest BCUT2D eigenvalue weighted by Crippen LogP contribution is -2.29. The third kappa shape index (κ3) is 2.77. The highest BCUT2D eigenvalue weighted by atomic mass is 16.5. The highest BCUT2D eigenvalue weighted by Gasteiger charge is 2.36. The van der Waals surface area contributed by atoms with Gasteiger partial charge in [0.25, 0.3) is 11.7 Å². The minimum Gasteiger partial charge on any atom is -0.497 e. The normalized spacial score (nSPS) is 13.0. The van der Waals surface area contributed by atoms with Gasteiger partial charge in [0.05, 0.1) is 36.8 Å². The number of amides is 1. The van der Waals surface area contributed by atoms with Crippen LogP contribution in [0.2, 0.25) is 0 Å². The summed E-state index contributed by atoms with van der Waals surface area (Å²) in [6.07, 6.45) is 2.37. The van der Waals surface area contributed by atoms with Crippen LogP contribution in [-0.4, -0.2) is 40.1 Å². The van der Waals surface area contributed by atoms with Crippen LogP contribution < -0.4 is 9.64 Å². The molecule has 1 amide bonds. The van der Waals surface area contributed by atoms with E-state index in [0.717, 1.165) is 6.29 Å². The number of nitrogens with zero attached hydrogens (tertiary/aromatic N) is 4. The molecule has 1 aliphatic rings. The topological polar surface area (TPSA) is 94.4 Å². The Balaban J connectivity index is 1.65. The molecule has 8 heteroatoms. The fourth-order valence-corrected chi connectivity index (χ4v) is 3.01. The van der Waals surface area contributed by atoms with Crippen molar-refractivity contribution in [2.75, 3.05) is 12.0 Å². The number of aldehydes is 1. The van der Waals surface area contributed by atoms with E-state index in [-0.39, 0.29) is 6.54 Å². The Labute approximate surface area is 154 Å². The van der Waals surface area contributed by atoms with Gasteiger partial charge in [-0.05, 0) is 30.3 Å². The Morgan fingerprint density at radius 1 is 1.11 bits per heavy atom. The molecule has 27 heavy (non-hydrogen) atoms. The molecule has 2 heterocycles. The monoisotopic (exact) mass is 362 g/mol. The lowest BCUT2D eigenvalue weighted by molar-refractivity contribution is -0.114. The number of fused-ring (bicyclic) bond motifs is 1. The molecule has 134 valence electrons.